The summed E-state index contributed by atoms with van der Waals surface area (Å²) in [5, 5.41) is 4.24. The first-order valence-corrected chi connectivity index (χ1v) is 9.66. The molecule has 2 saturated heterocycles. The summed E-state index contributed by atoms with van der Waals surface area (Å²) >= 11 is 5.82. The molecule has 10 heteroatoms. The molecule has 0 aliphatic carbocycles. The number of carbonyl (C=O) groups is 1. The van der Waals surface area contributed by atoms with Crippen LogP contribution in [0.15, 0.2) is 30.5 Å². The van der Waals surface area contributed by atoms with Gasteiger partial charge >= 0.3 is 6.18 Å². The first kappa shape index (κ1) is 20.2. The van der Waals surface area contributed by atoms with Crippen LogP contribution in [0.4, 0.5) is 13.2 Å². The van der Waals surface area contributed by atoms with Crippen molar-refractivity contribution < 1.29 is 27.4 Å². The molecule has 4 rings (SSSR count). The van der Waals surface area contributed by atoms with E-state index in [1.54, 1.807) is 0 Å². The number of ether oxygens (including phenoxy) is 2. The highest BCUT2D eigenvalue weighted by Gasteiger charge is 2.42. The number of likely N-dealkylation sites (tertiary alicyclic amines) is 1. The monoisotopic (exact) mass is 429 g/mol. The Morgan fingerprint density at radius 2 is 1.86 bits per heavy atom. The maximum atomic E-state index is 13.9. The van der Waals surface area contributed by atoms with Gasteiger partial charge in [0, 0.05) is 24.0 Å². The van der Waals surface area contributed by atoms with Crippen LogP contribution in [-0.4, -0.2) is 53.2 Å². The Morgan fingerprint density at radius 3 is 2.52 bits per heavy atom. The summed E-state index contributed by atoms with van der Waals surface area (Å²) in [5.41, 5.74) is -1.40. The molecule has 1 aromatic carbocycles. The maximum Gasteiger partial charge on any atom is 0.434 e. The van der Waals surface area contributed by atoms with E-state index in [-0.39, 0.29) is 18.2 Å². The van der Waals surface area contributed by atoms with E-state index in [9.17, 15) is 18.0 Å². The van der Waals surface area contributed by atoms with Crippen LogP contribution < -0.4 is 0 Å². The lowest BCUT2D eigenvalue weighted by molar-refractivity contribution is -0.143. The Labute approximate surface area is 170 Å². The molecule has 0 radical (unpaired) electrons. The summed E-state index contributed by atoms with van der Waals surface area (Å²) in [6.07, 6.45) is -2.72. The van der Waals surface area contributed by atoms with Crippen molar-refractivity contribution in [2.75, 3.05) is 26.3 Å². The third-order valence-electron chi connectivity index (χ3n) is 5.12. The summed E-state index contributed by atoms with van der Waals surface area (Å²) in [6, 6.07) is 5.78. The zero-order chi connectivity index (χ0) is 20.6. The van der Waals surface area contributed by atoms with Crippen LogP contribution in [0.5, 0.6) is 0 Å². The standard InChI is InChI=1S/C19H19ClF3N3O3/c20-13-3-5-14(6-4-13)26-16(19(21,22)23)15(10-24-26)17(27)25-7-1-2-12(11-25)18-28-8-9-29-18/h3-6,10,12,18H,1-2,7-9,11H2. The summed E-state index contributed by atoms with van der Waals surface area (Å²) < 4.78 is 53.3. The molecule has 1 atom stereocenters. The Balaban J connectivity index is 1.63. The minimum atomic E-state index is -4.76. The predicted molar refractivity (Wildman–Crippen MR) is 97.9 cm³/mol. The molecular weight excluding hydrogens is 411 g/mol. The van der Waals surface area contributed by atoms with Gasteiger partial charge in [0.15, 0.2) is 12.0 Å². The van der Waals surface area contributed by atoms with Gasteiger partial charge in [-0.3, -0.25) is 4.79 Å². The van der Waals surface area contributed by atoms with Crippen molar-refractivity contribution in [2.24, 2.45) is 5.92 Å². The second-order valence-electron chi connectivity index (χ2n) is 7.06. The number of benzene rings is 1. The summed E-state index contributed by atoms with van der Waals surface area (Å²) in [7, 11) is 0. The summed E-state index contributed by atoms with van der Waals surface area (Å²) in [6.45, 7) is 1.64. The minimum Gasteiger partial charge on any atom is -0.350 e. The topological polar surface area (TPSA) is 56.6 Å². The largest absolute Gasteiger partial charge is 0.434 e. The van der Waals surface area contributed by atoms with E-state index in [2.05, 4.69) is 5.10 Å². The molecule has 1 aromatic heterocycles. The van der Waals surface area contributed by atoms with E-state index >= 15 is 0 Å². The number of hydrogen-bond acceptors (Lipinski definition) is 4. The smallest absolute Gasteiger partial charge is 0.350 e. The van der Waals surface area contributed by atoms with Crippen LogP contribution >= 0.6 is 11.6 Å². The molecule has 0 N–H and O–H groups in total. The lowest BCUT2D eigenvalue weighted by Crippen LogP contribution is -2.44. The predicted octanol–water partition coefficient (Wildman–Crippen LogP) is 3.77. The molecule has 1 amide bonds. The number of rotatable bonds is 3. The van der Waals surface area contributed by atoms with Crippen LogP contribution in [0.1, 0.15) is 28.9 Å². The first-order valence-electron chi connectivity index (χ1n) is 9.28. The highest BCUT2D eigenvalue weighted by molar-refractivity contribution is 6.30. The van der Waals surface area contributed by atoms with E-state index in [0.717, 1.165) is 17.3 Å². The molecule has 156 valence electrons. The first-order chi connectivity index (χ1) is 13.8. The number of piperidine rings is 1. The fourth-order valence-electron chi connectivity index (χ4n) is 3.79. The molecule has 6 nitrogen and oxygen atoms in total. The number of hydrogen-bond donors (Lipinski definition) is 0. The molecule has 0 saturated carbocycles. The van der Waals surface area contributed by atoms with Crippen LogP contribution in [-0.2, 0) is 15.7 Å². The van der Waals surface area contributed by atoms with Gasteiger partial charge in [0.2, 0.25) is 0 Å². The third-order valence-corrected chi connectivity index (χ3v) is 5.37. The van der Waals surface area contributed by atoms with Gasteiger partial charge in [-0.15, -0.1) is 0 Å². The second kappa shape index (κ2) is 7.97. The molecule has 1 unspecified atom stereocenters. The fourth-order valence-corrected chi connectivity index (χ4v) is 3.92. The molecular formula is C19H19ClF3N3O3. The minimum absolute atomic E-state index is 0.0594. The average molecular weight is 430 g/mol. The van der Waals surface area contributed by atoms with Gasteiger partial charge in [-0.2, -0.15) is 18.3 Å². The molecule has 0 spiro atoms. The number of amides is 1. The molecule has 0 bridgehead atoms. The zero-order valence-electron chi connectivity index (χ0n) is 15.4. The zero-order valence-corrected chi connectivity index (χ0v) is 16.1. The Kier molecular flexibility index (Phi) is 5.54. The van der Waals surface area contributed by atoms with Crippen molar-refractivity contribution in [1.29, 1.82) is 0 Å². The number of carbonyl (C=O) groups excluding carboxylic acids is 1. The van der Waals surface area contributed by atoms with Crippen molar-refractivity contribution in [3.63, 3.8) is 0 Å². The van der Waals surface area contributed by atoms with E-state index in [4.69, 9.17) is 21.1 Å². The highest BCUT2D eigenvalue weighted by Crippen LogP contribution is 2.35. The molecule has 3 heterocycles. The van der Waals surface area contributed by atoms with Gasteiger partial charge in [-0.05, 0) is 37.1 Å². The summed E-state index contributed by atoms with van der Waals surface area (Å²) in [4.78, 5) is 14.4. The SMILES string of the molecule is O=C(c1cnn(-c2ccc(Cl)cc2)c1C(F)(F)F)N1CCCC(C2OCCO2)C1. The van der Waals surface area contributed by atoms with E-state index < -0.39 is 29.6 Å². The third kappa shape index (κ3) is 4.12. The van der Waals surface area contributed by atoms with Gasteiger partial charge in [0.05, 0.1) is 30.7 Å². The van der Waals surface area contributed by atoms with Gasteiger partial charge < -0.3 is 14.4 Å². The number of alkyl halides is 3. The van der Waals surface area contributed by atoms with Gasteiger partial charge in [-0.25, -0.2) is 4.68 Å². The van der Waals surface area contributed by atoms with Gasteiger partial charge in [0.1, 0.15) is 0 Å². The number of halogens is 4. The number of aromatic nitrogens is 2. The quantitative estimate of drug-likeness (QED) is 0.745. The van der Waals surface area contributed by atoms with Gasteiger partial charge in [0.25, 0.3) is 5.91 Å². The average Bonchev–Trinajstić information content (AvgIpc) is 3.38. The molecule has 2 aliphatic rings. The molecule has 29 heavy (non-hydrogen) atoms. The molecule has 2 aromatic rings. The Morgan fingerprint density at radius 1 is 1.17 bits per heavy atom. The van der Waals surface area contributed by atoms with E-state index in [1.165, 1.54) is 29.2 Å². The lowest BCUT2D eigenvalue weighted by atomic mass is 9.96. The van der Waals surface area contributed by atoms with Crippen LogP contribution in [0.2, 0.25) is 5.02 Å². The Bertz CT molecular complexity index is 879. The van der Waals surface area contributed by atoms with Gasteiger partial charge in [-0.1, -0.05) is 11.6 Å². The van der Waals surface area contributed by atoms with Crippen molar-refractivity contribution in [1.82, 2.24) is 14.7 Å². The molecule has 2 aliphatic heterocycles. The molecule has 2 fully saturated rings. The Hall–Kier alpha value is -2.10. The lowest BCUT2D eigenvalue weighted by Gasteiger charge is -2.34. The maximum absolute atomic E-state index is 13.9. The van der Waals surface area contributed by atoms with Crippen molar-refractivity contribution in [3.05, 3.63) is 46.7 Å². The highest BCUT2D eigenvalue weighted by atomic mass is 35.5. The fraction of sp³-hybridized carbons (Fsp3) is 0.474. The van der Waals surface area contributed by atoms with E-state index in [1.807, 2.05) is 0 Å². The second-order valence-corrected chi connectivity index (χ2v) is 7.49. The van der Waals surface area contributed by atoms with Crippen molar-refractivity contribution in [2.45, 2.75) is 25.3 Å². The van der Waals surface area contributed by atoms with Crippen LogP contribution in [0.3, 0.4) is 0 Å². The van der Waals surface area contributed by atoms with Crippen molar-refractivity contribution >= 4 is 17.5 Å². The van der Waals surface area contributed by atoms with Crippen LogP contribution in [0.25, 0.3) is 5.69 Å². The van der Waals surface area contributed by atoms with Crippen molar-refractivity contribution in [3.8, 4) is 5.69 Å². The number of nitrogens with zero attached hydrogens (tertiary/aromatic N) is 3. The summed E-state index contributed by atoms with van der Waals surface area (Å²) in [5.74, 6) is -0.754. The normalized spacial score (nSPS) is 21.0. The van der Waals surface area contributed by atoms with Crippen LogP contribution in [0, 0.1) is 5.92 Å². The van der Waals surface area contributed by atoms with E-state index in [0.29, 0.717) is 31.2 Å².